The van der Waals surface area contributed by atoms with Crippen LogP contribution < -0.4 is 5.32 Å². The average Bonchev–Trinajstić information content (AvgIpc) is 3.42. The Labute approximate surface area is 185 Å². The fraction of sp³-hybridized carbons (Fsp3) is 0.261. The van der Waals surface area contributed by atoms with Crippen molar-refractivity contribution >= 4 is 28.3 Å². The van der Waals surface area contributed by atoms with Gasteiger partial charge in [-0.2, -0.15) is 5.10 Å². The van der Waals surface area contributed by atoms with Crippen molar-refractivity contribution in [3.63, 3.8) is 0 Å². The van der Waals surface area contributed by atoms with Gasteiger partial charge < -0.3 is 15.3 Å². The predicted octanol–water partition coefficient (Wildman–Crippen LogP) is 4.41. The van der Waals surface area contributed by atoms with Gasteiger partial charge in [0.05, 0.1) is 22.4 Å². The number of likely N-dealkylation sites (tertiary alicyclic amines) is 1. The number of aromatic nitrogens is 4. The molecule has 2 aromatic heterocycles. The fourth-order valence-corrected chi connectivity index (χ4v) is 4.40. The summed E-state index contributed by atoms with van der Waals surface area (Å²) in [4.78, 5) is 11.6. The van der Waals surface area contributed by atoms with E-state index in [1.54, 1.807) is 6.20 Å². The molecular formula is C23H23ClN6O. The zero-order valence-electron chi connectivity index (χ0n) is 17.1. The highest BCUT2D eigenvalue weighted by Crippen LogP contribution is 2.36. The van der Waals surface area contributed by atoms with Crippen molar-refractivity contribution in [2.75, 3.05) is 32.0 Å². The van der Waals surface area contributed by atoms with E-state index >= 15 is 0 Å². The Hall–Kier alpha value is -3.16. The van der Waals surface area contributed by atoms with E-state index in [0.717, 1.165) is 48.1 Å². The standard InChI is InChI=1S/C23H23ClN6O/c1-30-8-7-14(13-30)11-25-22-23(31)28-21(20(27-22)15-5-3-2-4-6-15)16-9-17-12-26-29-19(17)18(24)10-16/h2-6,9-10,12,14H,7-8,11,13H2,1H3,(H,25,27)(H,26,29)(H,28,31). The van der Waals surface area contributed by atoms with Gasteiger partial charge in [0.25, 0.3) is 5.88 Å². The molecule has 8 heteroatoms. The van der Waals surface area contributed by atoms with Gasteiger partial charge in [0.15, 0.2) is 5.82 Å². The lowest BCUT2D eigenvalue weighted by atomic mass is 10.0. The van der Waals surface area contributed by atoms with E-state index in [1.165, 1.54) is 0 Å². The van der Waals surface area contributed by atoms with Gasteiger partial charge >= 0.3 is 0 Å². The minimum atomic E-state index is -0.121. The molecule has 3 N–H and O–H groups in total. The number of H-pyrrole nitrogens is 1. The zero-order valence-corrected chi connectivity index (χ0v) is 17.9. The number of nitrogens with one attached hydrogen (secondary N) is 2. The molecule has 1 fully saturated rings. The molecule has 1 atom stereocenters. The summed E-state index contributed by atoms with van der Waals surface area (Å²) in [6.45, 7) is 2.87. The monoisotopic (exact) mass is 434 g/mol. The largest absolute Gasteiger partial charge is 0.491 e. The van der Waals surface area contributed by atoms with Gasteiger partial charge in [-0.15, -0.1) is 0 Å². The molecule has 158 valence electrons. The maximum atomic E-state index is 10.7. The molecule has 1 aliphatic rings. The molecular weight excluding hydrogens is 412 g/mol. The van der Waals surface area contributed by atoms with Crippen molar-refractivity contribution in [1.29, 1.82) is 0 Å². The molecule has 31 heavy (non-hydrogen) atoms. The number of halogens is 1. The Morgan fingerprint density at radius 1 is 1.16 bits per heavy atom. The molecule has 0 spiro atoms. The number of hydrogen-bond acceptors (Lipinski definition) is 6. The third-order valence-corrected chi connectivity index (χ3v) is 6.04. The van der Waals surface area contributed by atoms with Gasteiger partial charge in [-0.3, -0.25) is 5.10 Å². The third-order valence-electron chi connectivity index (χ3n) is 5.75. The zero-order chi connectivity index (χ0) is 21.4. The number of aromatic amines is 1. The Balaban J connectivity index is 1.57. The molecule has 0 aliphatic carbocycles. The molecule has 1 aliphatic heterocycles. The molecule has 0 amide bonds. The molecule has 4 aromatic rings. The number of benzene rings is 2. The maximum Gasteiger partial charge on any atom is 0.255 e. The molecule has 0 bridgehead atoms. The van der Waals surface area contributed by atoms with Crippen LogP contribution in [0.2, 0.25) is 5.02 Å². The Bertz CT molecular complexity index is 1230. The van der Waals surface area contributed by atoms with Crippen LogP contribution in [0.4, 0.5) is 5.82 Å². The summed E-state index contributed by atoms with van der Waals surface area (Å²) in [7, 11) is 2.13. The number of aromatic hydroxyl groups is 1. The summed E-state index contributed by atoms with van der Waals surface area (Å²) in [5.74, 6) is 0.797. The summed E-state index contributed by atoms with van der Waals surface area (Å²) >= 11 is 6.46. The van der Waals surface area contributed by atoms with Crippen LogP contribution in [0.25, 0.3) is 33.4 Å². The summed E-state index contributed by atoms with van der Waals surface area (Å²) in [5, 5.41) is 22.4. The second-order valence-electron chi connectivity index (χ2n) is 8.05. The first-order valence-corrected chi connectivity index (χ1v) is 10.7. The molecule has 2 aromatic carbocycles. The van der Waals surface area contributed by atoms with Gasteiger partial charge in [0.1, 0.15) is 5.69 Å². The summed E-state index contributed by atoms with van der Waals surface area (Å²) < 4.78 is 0. The van der Waals surface area contributed by atoms with E-state index in [0.29, 0.717) is 28.1 Å². The van der Waals surface area contributed by atoms with E-state index in [-0.39, 0.29) is 5.88 Å². The lowest BCUT2D eigenvalue weighted by Gasteiger charge is -2.16. The molecule has 0 radical (unpaired) electrons. The second kappa shape index (κ2) is 8.17. The quantitative estimate of drug-likeness (QED) is 0.431. The van der Waals surface area contributed by atoms with Crippen molar-refractivity contribution in [3.05, 3.63) is 53.7 Å². The van der Waals surface area contributed by atoms with Crippen LogP contribution in [0, 0.1) is 5.92 Å². The number of fused-ring (bicyclic) bond motifs is 1. The molecule has 5 rings (SSSR count). The van der Waals surface area contributed by atoms with Crippen LogP contribution in [0.15, 0.2) is 48.7 Å². The smallest absolute Gasteiger partial charge is 0.255 e. The van der Waals surface area contributed by atoms with E-state index in [2.05, 4.69) is 32.4 Å². The van der Waals surface area contributed by atoms with Gasteiger partial charge in [0, 0.05) is 29.6 Å². The fourth-order valence-electron chi connectivity index (χ4n) is 4.13. The molecule has 3 heterocycles. The van der Waals surface area contributed by atoms with Crippen LogP contribution >= 0.6 is 11.6 Å². The first-order chi connectivity index (χ1) is 15.1. The van der Waals surface area contributed by atoms with E-state index in [1.807, 2.05) is 42.5 Å². The summed E-state index contributed by atoms with van der Waals surface area (Å²) in [6.07, 6.45) is 2.85. The summed E-state index contributed by atoms with van der Waals surface area (Å²) in [6, 6.07) is 13.6. The number of hydrogen-bond donors (Lipinski definition) is 3. The maximum absolute atomic E-state index is 10.7. The van der Waals surface area contributed by atoms with Crippen LogP contribution in [0.3, 0.4) is 0 Å². The minimum Gasteiger partial charge on any atom is -0.491 e. The van der Waals surface area contributed by atoms with Crippen LogP contribution in [-0.4, -0.2) is 56.9 Å². The van der Waals surface area contributed by atoms with Crippen LogP contribution in [-0.2, 0) is 0 Å². The van der Waals surface area contributed by atoms with Crippen molar-refractivity contribution in [3.8, 4) is 28.4 Å². The Morgan fingerprint density at radius 2 is 1.97 bits per heavy atom. The highest BCUT2D eigenvalue weighted by atomic mass is 35.5. The second-order valence-corrected chi connectivity index (χ2v) is 8.46. The van der Waals surface area contributed by atoms with E-state index in [9.17, 15) is 5.11 Å². The predicted molar refractivity (Wildman–Crippen MR) is 123 cm³/mol. The van der Waals surface area contributed by atoms with Gasteiger partial charge in [-0.25, -0.2) is 9.97 Å². The molecule has 7 nitrogen and oxygen atoms in total. The number of rotatable bonds is 5. The van der Waals surface area contributed by atoms with E-state index < -0.39 is 0 Å². The van der Waals surface area contributed by atoms with Gasteiger partial charge in [-0.05, 0) is 38.1 Å². The lowest BCUT2D eigenvalue weighted by molar-refractivity contribution is 0.398. The number of anilines is 1. The first-order valence-electron chi connectivity index (χ1n) is 10.3. The van der Waals surface area contributed by atoms with Crippen molar-refractivity contribution in [2.24, 2.45) is 5.92 Å². The highest BCUT2D eigenvalue weighted by Gasteiger charge is 2.22. The molecule has 1 unspecified atom stereocenters. The van der Waals surface area contributed by atoms with Gasteiger partial charge in [0.2, 0.25) is 0 Å². The average molecular weight is 435 g/mol. The number of nitrogens with zero attached hydrogens (tertiary/aromatic N) is 4. The van der Waals surface area contributed by atoms with Crippen LogP contribution in [0.5, 0.6) is 5.88 Å². The van der Waals surface area contributed by atoms with Crippen molar-refractivity contribution < 1.29 is 5.11 Å². The minimum absolute atomic E-state index is 0.121. The SMILES string of the molecule is CN1CCC(CNc2nc(-c3ccccc3)c(-c3cc(Cl)c4[nH]ncc4c3)nc2O)C1. The van der Waals surface area contributed by atoms with E-state index in [4.69, 9.17) is 16.6 Å². The third kappa shape index (κ3) is 3.94. The van der Waals surface area contributed by atoms with Crippen molar-refractivity contribution in [2.45, 2.75) is 6.42 Å². The van der Waals surface area contributed by atoms with Crippen molar-refractivity contribution in [1.82, 2.24) is 25.1 Å². The topological polar surface area (TPSA) is 90.0 Å². The first kappa shape index (κ1) is 19.8. The summed E-state index contributed by atoms with van der Waals surface area (Å²) in [5.41, 5.74) is 3.70. The molecule has 1 saturated heterocycles. The normalized spacial score (nSPS) is 16.8. The molecule has 0 saturated carbocycles. The van der Waals surface area contributed by atoms with Gasteiger partial charge in [-0.1, -0.05) is 41.9 Å². The Kier molecular flexibility index (Phi) is 5.21. The lowest BCUT2D eigenvalue weighted by Crippen LogP contribution is -2.19. The van der Waals surface area contributed by atoms with Crippen LogP contribution in [0.1, 0.15) is 6.42 Å². The highest BCUT2D eigenvalue weighted by molar-refractivity contribution is 6.35. The Morgan fingerprint density at radius 3 is 2.74 bits per heavy atom.